The smallest absolute Gasteiger partial charge is 0.175 e. The van der Waals surface area contributed by atoms with Crippen LogP contribution < -0.4 is 14.8 Å². The van der Waals surface area contributed by atoms with Gasteiger partial charge in [0, 0.05) is 12.6 Å². The van der Waals surface area contributed by atoms with Crippen molar-refractivity contribution in [3.8, 4) is 11.5 Å². The van der Waals surface area contributed by atoms with Gasteiger partial charge >= 0.3 is 0 Å². The van der Waals surface area contributed by atoms with Crippen molar-refractivity contribution in [2.75, 3.05) is 6.61 Å². The third-order valence-corrected chi connectivity index (χ3v) is 5.34. The van der Waals surface area contributed by atoms with Gasteiger partial charge in [-0.2, -0.15) is 0 Å². The Morgan fingerprint density at radius 3 is 2.45 bits per heavy atom. The molecule has 0 aromatic heterocycles. The zero-order valence-corrected chi connectivity index (χ0v) is 18.8. The van der Waals surface area contributed by atoms with E-state index in [-0.39, 0.29) is 6.04 Å². The molecule has 4 heteroatoms. The number of halogens is 1. The van der Waals surface area contributed by atoms with Gasteiger partial charge in [-0.15, -0.1) is 0 Å². The molecular weight excluding hydrogens is 426 g/mol. The summed E-state index contributed by atoms with van der Waals surface area (Å²) in [6.07, 6.45) is 0. The van der Waals surface area contributed by atoms with Crippen LogP contribution in [0.25, 0.3) is 0 Å². The largest absolute Gasteiger partial charge is 0.490 e. The second-order valence-electron chi connectivity index (χ2n) is 7.13. The molecule has 3 aromatic rings. The molecule has 0 aliphatic carbocycles. The summed E-state index contributed by atoms with van der Waals surface area (Å²) in [5, 5.41) is 3.58. The Balaban J connectivity index is 1.71. The topological polar surface area (TPSA) is 30.5 Å². The van der Waals surface area contributed by atoms with Crippen LogP contribution in [0.4, 0.5) is 0 Å². The van der Waals surface area contributed by atoms with E-state index in [4.69, 9.17) is 9.47 Å². The first-order valence-corrected chi connectivity index (χ1v) is 10.8. The van der Waals surface area contributed by atoms with Crippen LogP contribution in [0.1, 0.15) is 42.1 Å². The van der Waals surface area contributed by atoms with Crippen LogP contribution in [-0.4, -0.2) is 6.61 Å². The zero-order chi connectivity index (χ0) is 20.6. The van der Waals surface area contributed by atoms with E-state index in [1.54, 1.807) is 0 Å². The number of hydrogen-bond donors (Lipinski definition) is 1. The first-order chi connectivity index (χ1) is 14.1. The Hall–Kier alpha value is -2.30. The summed E-state index contributed by atoms with van der Waals surface area (Å²) in [6.45, 7) is 8.08. The van der Waals surface area contributed by atoms with E-state index in [9.17, 15) is 0 Å². The molecule has 152 valence electrons. The van der Waals surface area contributed by atoms with Gasteiger partial charge in [0.15, 0.2) is 11.5 Å². The monoisotopic (exact) mass is 453 g/mol. The summed E-state index contributed by atoms with van der Waals surface area (Å²) >= 11 is 3.68. The molecule has 0 aliphatic rings. The van der Waals surface area contributed by atoms with E-state index in [0.717, 1.165) is 33.6 Å². The van der Waals surface area contributed by atoms with Crippen molar-refractivity contribution in [2.24, 2.45) is 0 Å². The average molecular weight is 454 g/mol. The van der Waals surface area contributed by atoms with Gasteiger partial charge in [-0.25, -0.2) is 0 Å². The highest BCUT2D eigenvalue weighted by Gasteiger charge is 2.14. The van der Waals surface area contributed by atoms with Crippen LogP contribution in [0.15, 0.2) is 71.2 Å². The normalized spacial score (nSPS) is 11.9. The van der Waals surface area contributed by atoms with Gasteiger partial charge in [0.25, 0.3) is 0 Å². The second-order valence-corrected chi connectivity index (χ2v) is 7.98. The minimum Gasteiger partial charge on any atom is -0.490 e. The van der Waals surface area contributed by atoms with Gasteiger partial charge in [0.2, 0.25) is 0 Å². The van der Waals surface area contributed by atoms with Crippen LogP contribution in [0.5, 0.6) is 11.5 Å². The van der Waals surface area contributed by atoms with Crippen molar-refractivity contribution < 1.29 is 9.47 Å². The third-order valence-electron chi connectivity index (χ3n) is 4.75. The van der Waals surface area contributed by atoms with Gasteiger partial charge in [0.1, 0.15) is 6.61 Å². The summed E-state index contributed by atoms with van der Waals surface area (Å²) in [5.74, 6) is 1.51. The highest BCUT2D eigenvalue weighted by atomic mass is 79.9. The molecular formula is C25H28BrNO2. The molecule has 0 saturated heterocycles. The lowest BCUT2D eigenvalue weighted by Gasteiger charge is -2.18. The van der Waals surface area contributed by atoms with Crippen LogP contribution in [0.3, 0.4) is 0 Å². The minimum absolute atomic E-state index is 0.266. The number of nitrogens with one attached hydrogen (secondary N) is 1. The number of hydrogen-bond acceptors (Lipinski definition) is 3. The fourth-order valence-corrected chi connectivity index (χ4v) is 3.82. The van der Waals surface area contributed by atoms with E-state index in [2.05, 4.69) is 95.8 Å². The van der Waals surface area contributed by atoms with Gasteiger partial charge in [0.05, 0.1) is 11.1 Å². The van der Waals surface area contributed by atoms with E-state index in [1.165, 1.54) is 11.1 Å². The molecule has 3 aromatic carbocycles. The van der Waals surface area contributed by atoms with Crippen LogP contribution in [0.2, 0.25) is 0 Å². The molecule has 29 heavy (non-hydrogen) atoms. The number of rotatable bonds is 9. The van der Waals surface area contributed by atoms with Gasteiger partial charge in [-0.05, 0) is 65.5 Å². The second kappa shape index (κ2) is 10.5. The van der Waals surface area contributed by atoms with Crippen molar-refractivity contribution in [1.29, 1.82) is 0 Å². The molecule has 0 aliphatic heterocycles. The van der Waals surface area contributed by atoms with Crippen LogP contribution in [0, 0.1) is 6.92 Å². The van der Waals surface area contributed by atoms with E-state index in [0.29, 0.717) is 13.2 Å². The number of benzene rings is 3. The summed E-state index contributed by atoms with van der Waals surface area (Å²) in [5.41, 5.74) is 4.78. The maximum Gasteiger partial charge on any atom is 0.175 e. The summed E-state index contributed by atoms with van der Waals surface area (Å²) in [6, 6.07) is 23.2. The standard InChI is InChI=1S/C25H28BrNO2/c1-4-28-24-15-21(16-27-19(3)22-11-6-5-7-12-22)14-23(26)25(24)29-17-20-10-8-9-18(2)13-20/h5-15,19,27H,4,16-17H2,1-3H3. The Morgan fingerprint density at radius 1 is 0.931 bits per heavy atom. The van der Waals surface area contributed by atoms with Crippen molar-refractivity contribution in [3.63, 3.8) is 0 Å². The SMILES string of the molecule is CCOc1cc(CNC(C)c2ccccc2)cc(Br)c1OCc1cccc(C)c1. The Bertz CT molecular complexity index is 927. The summed E-state index contributed by atoms with van der Waals surface area (Å²) in [4.78, 5) is 0. The van der Waals surface area contributed by atoms with Crippen LogP contribution >= 0.6 is 15.9 Å². The molecule has 0 fully saturated rings. The average Bonchev–Trinajstić information content (AvgIpc) is 2.72. The molecule has 0 saturated carbocycles. The van der Waals surface area contributed by atoms with E-state index in [1.807, 2.05) is 13.0 Å². The molecule has 1 atom stereocenters. The van der Waals surface area contributed by atoms with E-state index < -0.39 is 0 Å². The fourth-order valence-electron chi connectivity index (χ4n) is 3.21. The highest BCUT2D eigenvalue weighted by Crippen LogP contribution is 2.37. The lowest BCUT2D eigenvalue weighted by Crippen LogP contribution is -2.18. The van der Waals surface area contributed by atoms with Crippen LogP contribution in [-0.2, 0) is 13.2 Å². The Morgan fingerprint density at radius 2 is 1.72 bits per heavy atom. The highest BCUT2D eigenvalue weighted by molar-refractivity contribution is 9.10. The zero-order valence-electron chi connectivity index (χ0n) is 17.2. The third kappa shape index (κ3) is 6.09. The molecule has 0 bridgehead atoms. The van der Waals surface area contributed by atoms with Gasteiger partial charge in [-0.3, -0.25) is 0 Å². The molecule has 1 N–H and O–H groups in total. The fraction of sp³-hybridized carbons (Fsp3) is 0.280. The molecule has 0 spiro atoms. The minimum atomic E-state index is 0.266. The number of aryl methyl sites for hydroxylation is 1. The van der Waals surface area contributed by atoms with Gasteiger partial charge < -0.3 is 14.8 Å². The lowest BCUT2D eigenvalue weighted by atomic mass is 10.1. The first-order valence-electron chi connectivity index (χ1n) is 9.98. The quantitative estimate of drug-likeness (QED) is 0.396. The predicted molar refractivity (Wildman–Crippen MR) is 123 cm³/mol. The maximum absolute atomic E-state index is 6.12. The van der Waals surface area contributed by atoms with Gasteiger partial charge in [-0.1, -0.05) is 60.2 Å². The van der Waals surface area contributed by atoms with Crippen molar-refractivity contribution in [3.05, 3.63) is 93.5 Å². The molecule has 3 rings (SSSR count). The molecule has 0 radical (unpaired) electrons. The first kappa shape index (κ1) is 21.4. The molecule has 0 amide bonds. The summed E-state index contributed by atoms with van der Waals surface area (Å²) in [7, 11) is 0. The predicted octanol–water partition coefficient (Wildman–Crippen LogP) is 6.59. The Labute approximate surface area is 182 Å². The summed E-state index contributed by atoms with van der Waals surface area (Å²) < 4.78 is 12.9. The van der Waals surface area contributed by atoms with Crippen molar-refractivity contribution in [1.82, 2.24) is 5.32 Å². The molecule has 0 heterocycles. The lowest BCUT2D eigenvalue weighted by molar-refractivity contribution is 0.267. The molecule has 3 nitrogen and oxygen atoms in total. The van der Waals surface area contributed by atoms with Crippen molar-refractivity contribution in [2.45, 2.75) is 40.0 Å². The maximum atomic E-state index is 6.12. The van der Waals surface area contributed by atoms with Crippen molar-refractivity contribution >= 4 is 15.9 Å². The molecule has 1 unspecified atom stereocenters. The van der Waals surface area contributed by atoms with E-state index >= 15 is 0 Å². The number of ether oxygens (including phenoxy) is 2. The Kier molecular flexibility index (Phi) is 7.73.